The fourth-order valence-corrected chi connectivity index (χ4v) is 9.60. The van der Waals surface area contributed by atoms with Gasteiger partial charge in [0.1, 0.15) is 0 Å². The highest BCUT2D eigenvalue weighted by atomic mass is 16.5. The Morgan fingerprint density at radius 1 is 1.14 bits per heavy atom. The Bertz CT molecular complexity index is 715. The lowest BCUT2D eigenvalue weighted by Crippen LogP contribution is -2.70. The largest absolute Gasteiger partial charge is 0.392 e. The molecule has 5 saturated carbocycles. The van der Waals surface area contributed by atoms with Crippen molar-refractivity contribution in [2.45, 2.75) is 62.1 Å². The lowest BCUT2D eigenvalue weighted by molar-refractivity contribution is -0.231. The average Bonchev–Trinajstić information content (AvgIpc) is 3.07. The maximum absolute atomic E-state index is 12.1. The first-order valence-corrected chi connectivity index (χ1v) is 11.0. The molecule has 0 amide bonds. The first kappa shape index (κ1) is 18.3. The van der Waals surface area contributed by atoms with E-state index in [1.54, 1.807) is 14.2 Å². The molecule has 0 aromatic heterocycles. The number of hydrogen-bond donors (Lipinski definition) is 2. The molecule has 1 aliphatic heterocycles. The maximum atomic E-state index is 12.1. The second kappa shape index (κ2) is 5.58. The molecule has 28 heavy (non-hydrogen) atoms. The third-order valence-corrected chi connectivity index (χ3v) is 10.2. The Hall–Kier alpha value is -0.530. The molecule has 0 radical (unpaired) electrons. The zero-order chi connectivity index (χ0) is 19.5. The van der Waals surface area contributed by atoms with Gasteiger partial charge in [-0.2, -0.15) is 0 Å². The molecule has 1 spiro atoms. The number of fused-ring (bicyclic) bond motifs is 2. The van der Waals surface area contributed by atoms with Crippen LogP contribution in [0.5, 0.6) is 0 Å². The van der Waals surface area contributed by atoms with Crippen LogP contribution in [0.2, 0.25) is 0 Å². The maximum Gasteiger partial charge on any atom is 0.0776 e. The monoisotopic (exact) mass is 391 g/mol. The molecular formula is C22H33NO5. The number of rotatable bonds is 4. The summed E-state index contributed by atoms with van der Waals surface area (Å²) in [6, 6.07) is 0.0838. The molecule has 6 heteroatoms. The van der Waals surface area contributed by atoms with Crippen molar-refractivity contribution in [2.24, 2.45) is 45.4 Å². The van der Waals surface area contributed by atoms with Crippen molar-refractivity contribution >= 4 is 6.21 Å². The van der Waals surface area contributed by atoms with Crippen molar-refractivity contribution < 1.29 is 24.4 Å². The highest BCUT2D eigenvalue weighted by Crippen LogP contribution is 2.78. The van der Waals surface area contributed by atoms with E-state index in [4.69, 9.17) is 19.2 Å². The Morgan fingerprint density at radius 3 is 2.68 bits per heavy atom. The van der Waals surface area contributed by atoms with Crippen LogP contribution in [-0.4, -0.2) is 74.3 Å². The summed E-state index contributed by atoms with van der Waals surface area (Å²) >= 11 is 0. The van der Waals surface area contributed by atoms with Gasteiger partial charge >= 0.3 is 0 Å². The second-order valence-electron chi connectivity index (χ2n) is 10.5. The Balaban J connectivity index is 1.57. The minimum atomic E-state index is -0.899. The van der Waals surface area contributed by atoms with Crippen LogP contribution in [0.1, 0.15) is 32.1 Å². The lowest BCUT2D eigenvalue weighted by Gasteiger charge is -2.64. The molecule has 5 fully saturated rings. The van der Waals surface area contributed by atoms with Gasteiger partial charge in [0, 0.05) is 62.5 Å². The number of aliphatic imine (C=N–C) groups is 1. The number of methoxy groups -OCH3 is 3. The zero-order valence-corrected chi connectivity index (χ0v) is 17.1. The third kappa shape index (κ3) is 1.71. The van der Waals surface area contributed by atoms with Crippen LogP contribution in [-0.2, 0) is 14.2 Å². The van der Waals surface area contributed by atoms with E-state index in [0.29, 0.717) is 18.9 Å². The van der Waals surface area contributed by atoms with Gasteiger partial charge in [-0.05, 0) is 37.5 Å². The Morgan fingerprint density at radius 2 is 1.96 bits per heavy atom. The van der Waals surface area contributed by atoms with E-state index < -0.39 is 11.7 Å². The fourth-order valence-electron chi connectivity index (χ4n) is 9.60. The smallest absolute Gasteiger partial charge is 0.0776 e. The molecule has 0 saturated heterocycles. The highest BCUT2D eigenvalue weighted by Gasteiger charge is 2.82. The molecule has 6 aliphatic rings. The summed E-state index contributed by atoms with van der Waals surface area (Å²) in [5.41, 5.74) is -1.06. The standard InChI is InChI=1S/C22H33NO5/c1-26-10-20-5-4-16(28-3)22-12-6-11-14(27-2)8-21(25,17(12)18(11)24)13(7-15(20)22)19(22)23-9-20/h9,11-19,24-25H,4-8,10H2,1-3H3/t11-,12-,13+,14+,15-,16+,17-,18+,19-,20+,21+,22-/m1/s1. The predicted molar refractivity (Wildman–Crippen MR) is 102 cm³/mol. The minimum Gasteiger partial charge on any atom is -0.392 e. The first-order valence-electron chi connectivity index (χ1n) is 11.0. The molecule has 6 nitrogen and oxygen atoms in total. The summed E-state index contributed by atoms with van der Waals surface area (Å²) in [6.45, 7) is 0.682. The summed E-state index contributed by atoms with van der Waals surface area (Å²) in [5.74, 6) is 0.716. The Kier molecular flexibility index (Phi) is 3.64. The van der Waals surface area contributed by atoms with Gasteiger partial charge in [0.25, 0.3) is 0 Å². The van der Waals surface area contributed by atoms with E-state index in [0.717, 1.165) is 25.7 Å². The molecule has 7 bridgehead atoms. The van der Waals surface area contributed by atoms with Gasteiger partial charge in [0.05, 0.1) is 36.6 Å². The van der Waals surface area contributed by atoms with E-state index in [-0.39, 0.29) is 52.8 Å². The van der Waals surface area contributed by atoms with Crippen LogP contribution < -0.4 is 0 Å². The van der Waals surface area contributed by atoms with Crippen LogP contribution in [0.25, 0.3) is 0 Å². The van der Waals surface area contributed by atoms with Crippen LogP contribution >= 0.6 is 0 Å². The average molecular weight is 392 g/mol. The number of hydrogen-bond acceptors (Lipinski definition) is 6. The molecule has 0 aromatic rings. The van der Waals surface area contributed by atoms with Crippen LogP contribution in [0.3, 0.4) is 0 Å². The van der Waals surface area contributed by atoms with Crippen molar-refractivity contribution in [1.29, 1.82) is 0 Å². The van der Waals surface area contributed by atoms with E-state index in [9.17, 15) is 10.2 Å². The van der Waals surface area contributed by atoms with E-state index in [2.05, 4.69) is 6.21 Å². The van der Waals surface area contributed by atoms with Crippen LogP contribution in [0.15, 0.2) is 4.99 Å². The van der Waals surface area contributed by atoms with Gasteiger partial charge in [-0.3, -0.25) is 4.99 Å². The van der Waals surface area contributed by atoms with Crippen molar-refractivity contribution in [1.82, 2.24) is 0 Å². The van der Waals surface area contributed by atoms with Gasteiger partial charge in [-0.25, -0.2) is 0 Å². The quantitative estimate of drug-likeness (QED) is 0.755. The summed E-state index contributed by atoms with van der Waals surface area (Å²) in [5, 5.41) is 23.4. The third-order valence-electron chi connectivity index (χ3n) is 10.2. The molecule has 12 atom stereocenters. The van der Waals surface area contributed by atoms with Crippen molar-refractivity contribution in [3.63, 3.8) is 0 Å². The van der Waals surface area contributed by atoms with Crippen molar-refractivity contribution in [2.75, 3.05) is 27.9 Å². The molecular weight excluding hydrogens is 358 g/mol. The van der Waals surface area contributed by atoms with Gasteiger partial charge in [0.15, 0.2) is 0 Å². The number of nitrogens with zero attached hydrogens (tertiary/aromatic N) is 1. The van der Waals surface area contributed by atoms with E-state index >= 15 is 0 Å². The molecule has 6 rings (SSSR count). The Labute approximate surface area is 166 Å². The molecule has 2 N–H and O–H groups in total. The SMILES string of the molecule is COC[C@]12C=N[C@@H]3[C@@H]4C[C@H]1[C@@]3([C@@H](OC)CC2)[C@@H]1C[C@H]2[C@H](O)[C@@H]1[C@]4(O)C[C@@H]2OC. The molecule has 1 heterocycles. The molecule has 0 unspecified atom stereocenters. The lowest BCUT2D eigenvalue weighted by atomic mass is 9.44. The van der Waals surface area contributed by atoms with Crippen molar-refractivity contribution in [3.8, 4) is 0 Å². The summed E-state index contributed by atoms with van der Waals surface area (Å²) in [6.07, 6.45) is 6.26. The summed E-state index contributed by atoms with van der Waals surface area (Å²) in [4.78, 5) is 5.17. The number of ether oxygens (including phenoxy) is 3. The summed E-state index contributed by atoms with van der Waals surface area (Å²) < 4.78 is 17.7. The van der Waals surface area contributed by atoms with E-state index in [1.165, 1.54) is 0 Å². The van der Waals surface area contributed by atoms with Gasteiger partial charge in [-0.15, -0.1) is 0 Å². The van der Waals surface area contributed by atoms with E-state index in [1.807, 2.05) is 7.11 Å². The van der Waals surface area contributed by atoms with Crippen LogP contribution in [0.4, 0.5) is 0 Å². The zero-order valence-electron chi connectivity index (χ0n) is 17.1. The first-order chi connectivity index (χ1) is 13.5. The molecule has 5 aliphatic carbocycles. The highest BCUT2D eigenvalue weighted by molar-refractivity contribution is 5.70. The van der Waals surface area contributed by atoms with Crippen molar-refractivity contribution in [3.05, 3.63) is 0 Å². The van der Waals surface area contributed by atoms with Gasteiger partial charge in [0.2, 0.25) is 0 Å². The number of aliphatic hydroxyl groups is 2. The number of aliphatic hydroxyl groups excluding tert-OH is 1. The minimum absolute atomic E-state index is 0.0618. The predicted octanol–water partition coefficient (Wildman–Crippen LogP) is 1.28. The molecule has 0 aromatic carbocycles. The van der Waals surface area contributed by atoms with Gasteiger partial charge in [-0.1, -0.05) is 0 Å². The second-order valence-corrected chi connectivity index (χ2v) is 10.5. The normalized spacial score (nSPS) is 63.0. The fraction of sp³-hybridized carbons (Fsp3) is 0.955. The molecule has 156 valence electrons. The van der Waals surface area contributed by atoms with Crippen LogP contribution in [0, 0.1) is 40.4 Å². The summed E-state index contributed by atoms with van der Waals surface area (Å²) in [7, 11) is 5.34. The van der Waals surface area contributed by atoms with Gasteiger partial charge < -0.3 is 24.4 Å². The topological polar surface area (TPSA) is 80.5 Å².